The van der Waals surface area contributed by atoms with Crippen LogP contribution in [0.1, 0.15) is 52.7 Å². The number of furan rings is 1. The van der Waals surface area contributed by atoms with E-state index in [0.29, 0.717) is 24.6 Å². The molecule has 1 aliphatic rings. The van der Waals surface area contributed by atoms with Crippen LogP contribution in [0.4, 0.5) is 0 Å². The van der Waals surface area contributed by atoms with Gasteiger partial charge in [-0.1, -0.05) is 35.9 Å². The van der Waals surface area contributed by atoms with Crippen molar-refractivity contribution >= 4 is 11.8 Å². The Morgan fingerprint density at radius 2 is 2.00 bits per heavy atom. The molecule has 2 amide bonds. The van der Waals surface area contributed by atoms with Gasteiger partial charge in [0.1, 0.15) is 5.75 Å². The van der Waals surface area contributed by atoms with E-state index in [1.54, 1.807) is 31.0 Å². The summed E-state index contributed by atoms with van der Waals surface area (Å²) < 4.78 is 11.5. The maximum absolute atomic E-state index is 13.4. The van der Waals surface area contributed by atoms with Gasteiger partial charge in [0.15, 0.2) is 11.9 Å². The van der Waals surface area contributed by atoms with Crippen molar-refractivity contribution < 1.29 is 18.7 Å². The Morgan fingerprint density at radius 1 is 1.18 bits per heavy atom. The maximum atomic E-state index is 13.4. The van der Waals surface area contributed by atoms with Crippen LogP contribution in [0.5, 0.6) is 5.75 Å². The highest BCUT2D eigenvalue weighted by Crippen LogP contribution is 2.38. The first kappa shape index (κ1) is 22.6. The fourth-order valence-corrected chi connectivity index (χ4v) is 4.35. The minimum Gasteiger partial charge on any atom is -0.481 e. The van der Waals surface area contributed by atoms with Gasteiger partial charge in [-0.25, -0.2) is 0 Å². The van der Waals surface area contributed by atoms with E-state index in [-0.39, 0.29) is 17.9 Å². The van der Waals surface area contributed by atoms with Gasteiger partial charge in [0.25, 0.3) is 11.8 Å². The highest BCUT2D eigenvalue weighted by Gasteiger charge is 2.34. The fourth-order valence-electron chi connectivity index (χ4n) is 4.35. The van der Waals surface area contributed by atoms with Crippen molar-refractivity contribution in [2.24, 2.45) is 0 Å². The Labute approximate surface area is 194 Å². The van der Waals surface area contributed by atoms with Crippen molar-refractivity contribution in [1.29, 1.82) is 0 Å². The lowest BCUT2D eigenvalue weighted by molar-refractivity contribution is -0.136. The summed E-state index contributed by atoms with van der Waals surface area (Å²) in [5, 5.41) is 0. The number of fused-ring (bicyclic) bond motifs is 1. The van der Waals surface area contributed by atoms with Gasteiger partial charge < -0.3 is 19.0 Å². The molecule has 0 fully saturated rings. The summed E-state index contributed by atoms with van der Waals surface area (Å²) in [6.07, 6.45) is 1.65. The molecule has 2 aromatic carbocycles. The van der Waals surface area contributed by atoms with Crippen LogP contribution >= 0.6 is 0 Å². The number of carbonyl (C=O) groups is 2. The molecule has 4 rings (SSSR count). The molecule has 0 saturated heterocycles. The molecule has 6 nitrogen and oxygen atoms in total. The second kappa shape index (κ2) is 9.53. The van der Waals surface area contributed by atoms with Gasteiger partial charge in [-0.2, -0.15) is 0 Å². The van der Waals surface area contributed by atoms with E-state index in [1.807, 2.05) is 55.1 Å². The zero-order valence-electron chi connectivity index (χ0n) is 19.6. The molecular weight excluding hydrogens is 416 g/mol. The van der Waals surface area contributed by atoms with Crippen LogP contribution in [0.15, 0.2) is 65.3 Å². The first-order valence-corrected chi connectivity index (χ1v) is 11.3. The van der Waals surface area contributed by atoms with Gasteiger partial charge in [0, 0.05) is 20.1 Å². The summed E-state index contributed by atoms with van der Waals surface area (Å²) in [6, 6.07) is 17.3. The number of hydrogen-bond donors (Lipinski definition) is 0. The number of amides is 2. The van der Waals surface area contributed by atoms with Crippen molar-refractivity contribution in [3.8, 4) is 5.75 Å². The molecule has 0 N–H and O–H groups in total. The maximum Gasteiger partial charge on any atom is 0.290 e. The average molecular weight is 447 g/mol. The highest BCUT2D eigenvalue weighted by atomic mass is 16.5. The lowest BCUT2D eigenvalue weighted by Crippen LogP contribution is -2.40. The van der Waals surface area contributed by atoms with E-state index >= 15 is 0 Å². The number of aryl methyl sites for hydroxylation is 1. The third-order valence-corrected chi connectivity index (χ3v) is 6.21. The summed E-state index contributed by atoms with van der Waals surface area (Å²) >= 11 is 0. The smallest absolute Gasteiger partial charge is 0.290 e. The van der Waals surface area contributed by atoms with E-state index in [2.05, 4.69) is 6.07 Å². The predicted octanol–water partition coefficient (Wildman–Crippen LogP) is 4.62. The van der Waals surface area contributed by atoms with Crippen LogP contribution in [-0.4, -0.2) is 47.9 Å². The van der Waals surface area contributed by atoms with E-state index in [0.717, 1.165) is 23.1 Å². The molecule has 1 aromatic heterocycles. The number of carbonyl (C=O) groups excluding carboxylic acids is 2. The number of hydrogen-bond acceptors (Lipinski definition) is 4. The topological polar surface area (TPSA) is 63.0 Å². The summed E-state index contributed by atoms with van der Waals surface area (Å²) in [7, 11) is 1.76. The van der Waals surface area contributed by atoms with E-state index in [4.69, 9.17) is 9.15 Å². The number of nitrogens with zero attached hydrogens (tertiary/aromatic N) is 2. The quantitative estimate of drug-likeness (QED) is 0.554. The predicted molar refractivity (Wildman–Crippen MR) is 126 cm³/mol. The van der Waals surface area contributed by atoms with Crippen molar-refractivity contribution in [2.75, 3.05) is 20.1 Å². The molecule has 0 aliphatic carbocycles. The molecule has 33 heavy (non-hydrogen) atoms. The summed E-state index contributed by atoms with van der Waals surface area (Å²) in [6.45, 7) is 6.94. The molecule has 0 unspecified atom stereocenters. The van der Waals surface area contributed by atoms with E-state index in [9.17, 15) is 9.59 Å². The Balaban J connectivity index is 1.72. The zero-order valence-corrected chi connectivity index (χ0v) is 19.6. The van der Waals surface area contributed by atoms with E-state index < -0.39 is 6.10 Å². The molecule has 6 heteroatoms. The SMILES string of the molecule is CCN(C)C(=O)[C@H](C)Oc1ccc2c(c1)[C@@H](c1cccc(C)c1)N(C(=O)c1ccco1)CC2. The van der Waals surface area contributed by atoms with Crippen LogP contribution in [0, 0.1) is 6.92 Å². The molecule has 172 valence electrons. The van der Waals surface area contributed by atoms with Gasteiger partial charge in [-0.05, 0) is 68.1 Å². The van der Waals surface area contributed by atoms with Gasteiger partial charge in [-0.15, -0.1) is 0 Å². The molecule has 2 atom stereocenters. The van der Waals surface area contributed by atoms with Crippen molar-refractivity contribution in [1.82, 2.24) is 9.80 Å². The Morgan fingerprint density at radius 3 is 2.70 bits per heavy atom. The van der Waals surface area contributed by atoms with Crippen LogP contribution in [0.2, 0.25) is 0 Å². The lowest BCUT2D eigenvalue weighted by Gasteiger charge is -2.37. The van der Waals surface area contributed by atoms with Crippen LogP contribution < -0.4 is 4.74 Å². The summed E-state index contributed by atoms with van der Waals surface area (Å²) in [5.74, 6) is 0.728. The van der Waals surface area contributed by atoms with Crippen molar-refractivity contribution in [3.63, 3.8) is 0 Å². The molecule has 0 spiro atoms. The monoisotopic (exact) mass is 446 g/mol. The van der Waals surface area contributed by atoms with Crippen LogP contribution in [0.3, 0.4) is 0 Å². The third-order valence-electron chi connectivity index (χ3n) is 6.21. The number of ether oxygens (including phenoxy) is 1. The third kappa shape index (κ3) is 4.65. The number of rotatable bonds is 6. The number of benzene rings is 2. The Hall–Kier alpha value is -3.54. The lowest BCUT2D eigenvalue weighted by atomic mass is 9.87. The minimum absolute atomic E-state index is 0.0694. The van der Waals surface area contributed by atoms with Gasteiger partial charge >= 0.3 is 0 Å². The first-order chi connectivity index (χ1) is 15.9. The van der Waals surface area contributed by atoms with Gasteiger partial charge in [0.2, 0.25) is 0 Å². The standard InChI is InChI=1S/C27H30N2O4/c1-5-28(4)26(30)19(3)33-22-12-11-20-13-14-29(27(31)24-10-7-15-32-24)25(23(20)17-22)21-9-6-8-18(2)16-21/h6-12,15-17,19,25H,5,13-14H2,1-4H3/t19-,25+/m0/s1. The van der Waals surface area contributed by atoms with Crippen molar-refractivity contribution in [3.05, 3.63) is 88.9 Å². The number of likely N-dealkylation sites (N-methyl/N-ethyl adjacent to an activating group) is 1. The highest BCUT2D eigenvalue weighted by molar-refractivity contribution is 5.92. The van der Waals surface area contributed by atoms with E-state index in [1.165, 1.54) is 11.8 Å². The van der Waals surface area contributed by atoms with Crippen molar-refractivity contribution in [2.45, 2.75) is 39.3 Å². The second-order valence-electron chi connectivity index (χ2n) is 8.52. The normalized spacial score (nSPS) is 16.1. The zero-order chi connectivity index (χ0) is 23.5. The Bertz CT molecular complexity index is 1140. The molecule has 0 radical (unpaired) electrons. The molecule has 1 aliphatic heterocycles. The second-order valence-corrected chi connectivity index (χ2v) is 8.52. The molecule has 3 aromatic rings. The first-order valence-electron chi connectivity index (χ1n) is 11.3. The molecule has 2 heterocycles. The average Bonchev–Trinajstić information content (AvgIpc) is 3.36. The summed E-state index contributed by atoms with van der Waals surface area (Å²) in [5.41, 5.74) is 4.33. The molecular formula is C27H30N2O4. The fraction of sp³-hybridized carbons (Fsp3) is 0.333. The van der Waals surface area contributed by atoms with Crippen LogP contribution in [0.25, 0.3) is 0 Å². The van der Waals surface area contributed by atoms with Gasteiger partial charge in [-0.3, -0.25) is 9.59 Å². The van der Waals surface area contributed by atoms with Gasteiger partial charge in [0.05, 0.1) is 12.3 Å². The minimum atomic E-state index is -0.602. The molecule has 0 bridgehead atoms. The summed E-state index contributed by atoms with van der Waals surface area (Å²) in [4.78, 5) is 29.4. The Kier molecular flexibility index (Phi) is 6.54. The van der Waals surface area contributed by atoms with Crippen LogP contribution in [-0.2, 0) is 11.2 Å². The largest absolute Gasteiger partial charge is 0.481 e. The molecule has 0 saturated carbocycles.